The van der Waals surface area contributed by atoms with Gasteiger partial charge in [-0.3, -0.25) is 9.59 Å². The number of likely N-dealkylation sites (N-methyl/N-ethyl adjacent to an activating group) is 2. The lowest BCUT2D eigenvalue weighted by Gasteiger charge is -2.30. The Morgan fingerprint density at radius 3 is 2.47 bits per heavy atom. The van der Waals surface area contributed by atoms with Crippen LogP contribution < -0.4 is 10.6 Å². The number of amides is 2. The number of nitrogens with one attached hydrogen (secondary N) is 2. The average molecular weight is 242 g/mol. The largest absolute Gasteiger partial charge is 0.347 e. The van der Waals surface area contributed by atoms with Crippen LogP contribution in [0.3, 0.4) is 0 Å². The number of hydrogen-bond donors (Lipinski definition) is 2. The van der Waals surface area contributed by atoms with Crippen molar-refractivity contribution < 1.29 is 9.59 Å². The van der Waals surface area contributed by atoms with E-state index < -0.39 is 0 Å². The van der Waals surface area contributed by atoms with E-state index in [9.17, 15) is 9.59 Å². The zero-order chi connectivity index (χ0) is 12.8. The number of hydrogen-bond acceptors (Lipinski definition) is 4. The Labute approximate surface area is 102 Å². The zero-order valence-corrected chi connectivity index (χ0v) is 10.8. The molecule has 1 fully saturated rings. The van der Waals surface area contributed by atoms with E-state index in [0.717, 1.165) is 13.1 Å². The molecule has 0 aromatic heterocycles. The summed E-state index contributed by atoms with van der Waals surface area (Å²) >= 11 is 0. The van der Waals surface area contributed by atoms with Crippen LogP contribution in [0, 0.1) is 0 Å². The Bertz CT molecular complexity index is 275. The summed E-state index contributed by atoms with van der Waals surface area (Å²) in [5, 5.41) is 6.32. The minimum atomic E-state index is -0.210. The highest BCUT2D eigenvalue weighted by Crippen LogP contribution is 1.98. The SMILES string of the molecule is CCN(CC(=O)N(C)C)C(=O)C1CNCCN1. The molecule has 1 saturated heterocycles. The molecule has 0 radical (unpaired) electrons. The van der Waals surface area contributed by atoms with Gasteiger partial charge in [-0.15, -0.1) is 0 Å². The van der Waals surface area contributed by atoms with Crippen molar-refractivity contribution in [2.45, 2.75) is 13.0 Å². The van der Waals surface area contributed by atoms with E-state index >= 15 is 0 Å². The maximum atomic E-state index is 12.1. The molecular weight excluding hydrogens is 220 g/mol. The van der Waals surface area contributed by atoms with Crippen molar-refractivity contribution in [1.29, 1.82) is 0 Å². The fourth-order valence-electron chi connectivity index (χ4n) is 1.70. The lowest BCUT2D eigenvalue weighted by molar-refractivity contribution is -0.140. The third-order valence-electron chi connectivity index (χ3n) is 2.86. The van der Waals surface area contributed by atoms with Crippen molar-refractivity contribution >= 4 is 11.8 Å². The summed E-state index contributed by atoms with van der Waals surface area (Å²) in [5.74, 6) is -0.0566. The molecule has 0 saturated carbocycles. The molecule has 6 heteroatoms. The van der Waals surface area contributed by atoms with Crippen molar-refractivity contribution in [3.05, 3.63) is 0 Å². The molecule has 98 valence electrons. The second-order valence-corrected chi connectivity index (χ2v) is 4.35. The fourth-order valence-corrected chi connectivity index (χ4v) is 1.70. The highest BCUT2D eigenvalue weighted by atomic mass is 16.2. The molecule has 0 bridgehead atoms. The van der Waals surface area contributed by atoms with E-state index in [2.05, 4.69) is 10.6 Å². The van der Waals surface area contributed by atoms with Gasteiger partial charge in [-0.2, -0.15) is 0 Å². The van der Waals surface area contributed by atoms with Gasteiger partial charge in [0.2, 0.25) is 11.8 Å². The van der Waals surface area contributed by atoms with Gasteiger partial charge in [0, 0.05) is 40.3 Å². The molecule has 1 heterocycles. The molecule has 1 aliphatic heterocycles. The first-order chi connectivity index (χ1) is 8.06. The van der Waals surface area contributed by atoms with Crippen molar-refractivity contribution in [1.82, 2.24) is 20.4 Å². The summed E-state index contributed by atoms with van der Waals surface area (Å²) < 4.78 is 0. The maximum Gasteiger partial charge on any atom is 0.241 e. The molecule has 0 aromatic carbocycles. The van der Waals surface area contributed by atoms with Crippen LogP contribution in [0.4, 0.5) is 0 Å². The lowest BCUT2D eigenvalue weighted by atomic mass is 10.2. The number of carbonyl (C=O) groups excluding carboxylic acids is 2. The summed E-state index contributed by atoms with van der Waals surface area (Å²) in [6, 6.07) is -0.210. The van der Waals surface area contributed by atoms with E-state index in [0.29, 0.717) is 13.1 Å². The number of carbonyl (C=O) groups is 2. The van der Waals surface area contributed by atoms with Crippen LogP contribution in [0.5, 0.6) is 0 Å². The third-order valence-corrected chi connectivity index (χ3v) is 2.86. The van der Waals surface area contributed by atoms with Crippen molar-refractivity contribution in [2.75, 3.05) is 46.8 Å². The van der Waals surface area contributed by atoms with Crippen LogP contribution in [0.1, 0.15) is 6.92 Å². The molecule has 0 aromatic rings. The monoisotopic (exact) mass is 242 g/mol. The summed E-state index contributed by atoms with van der Waals surface area (Å²) in [7, 11) is 3.39. The van der Waals surface area contributed by atoms with Crippen LogP contribution in [0.2, 0.25) is 0 Å². The zero-order valence-electron chi connectivity index (χ0n) is 10.8. The highest BCUT2D eigenvalue weighted by molar-refractivity contribution is 5.87. The molecule has 1 unspecified atom stereocenters. The van der Waals surface area contributed by atoms with Crippen molar-refractivity contribution in [3.8, 4) is 0 Å². The van der Waals surface area contributed by atoms with Gasteiger partial charge in [-0.1, -0.05) is 0 Å². The minimum Gasteiger partial charge on any atom is -0.347 e. The molecule has 2 amide bonds. The molecule has 2 N–H and O–H groups in total. The number of rotatable bonds is 4. The van der Waals surface area contributed by atoms with Gasteiger partial charge >= 0.3 is 0 Å². The quantitative estimate of drug-likeness (QED) is 0.629. The van der Waals surface area contributed by atoms with E-state index in [-0.39, 0.29) is 24.4 Å². The highest BCUT2D eigenvalue weighted by Gasteiger charge is 2.26. The molecule has 1 rings (SSSR count). The van der Waals surface area contributed by atoms with E-state index in [1.165, 1.54) is 4.90 Å². The fraction of sp³-hybridized carbons (Fsp3) is 0.818. The molecule has 17 heavy (non-hydrogen) atoms. The maximum absolute atomic E-state index is 12.1. The van der Waals surface area contributed by atoms with E-state index in [1.54, 1.807) is 19.0 Å². The molecular formula is C11H22N4O2. The van der Waals surface area contributed by atoms with Gasteiger partial charge in [0.05, 0.1) is 12.6 Å². The van der Waals surface area contributed by atoms with Gasteiger partial charge in [0.15, 0.2) is 0 Å². The smallest absolute Gasteiger partial charge is 0.241 e. The Hall–Kier alpha value is -1.14. The average Bonchev–Trinajstić information content (AvgIpc) is 2.35. The first kappa shape index (κ1) is 13.9. The second-order valence-electron chi connectivity index (χ2n) is 4.35. The van der Waals surface area contributed by atoms with E-state index in [1.807, 2.05) is 6.92 Å². The number of piperazine rings is 1. The van der Waals surface area contributed by atoms with Crippen LogP contribution >= 0.6 is 0 Å². The van der Waals surface area contributed by atoms with Gasteiger partial charge < -0.3 is 20.4 Å². The standard InChI is InChI=1S/C11H22N4O2/c1-4-15(8-10(16)14(2)3)11(17)9-7-12-5-6-13-9/h9,12-13H,4-8H2,1-3H3. The Morgan fingerprint density at radius 1 is 1.29 bits per heavy atom. The summed E-state index contributed by atoms with van der Waals surface area (Å²) in [4.78, 5) is 26.8. The van der Waals surface area contributed by atoms with Crippen molar-refractivity contribution in [2.24, 2.45) is 0 Å². The van der Waals surface area contributed by atoms with Crippen LogP contribution in [0.25, 0.3) is 0 Å². The molecule has 1 atom stereocenters. The van der Waals surface area contributed by atoms with Gasteiger partial charge in [-0.05, 0) is 6.92 Å². The predicted octanol–water partition coefficient (Wildman–Crippen LogP) is -1.52. The van der Waals surface area contributed by atoms with Crippen LogP contribution in [0.15, 0.2) is 0 Å². The topological polar surface area (TPSA) is 64.7 Å². The van der Waals surface area contributed by atoms with E-state index in [4.69, 9.17) is 0 Å². The summed E-state index contributed by atoms with van der Waals surface area (Å²) in [5.41, 5.74) is 0. The normalized spacial score (nSPS) is 19.8. The van der Waals surface area contributed by atoms with Crippen LogP contribution in [-0.4, -0.2) is 74.5 Å². The Morgan fingerprint density at radius 2 is 2.00 bits per heavy atom. The lowest BCUT2D eigenvalue weighted by Crippen LogP contribution is -2.57. The Balaban J connectivity index is 2.53. The van der Waals surface area contributed by atoms with Gasteiger partial charge in [-0.25, -0.2) is 0 Å². The van der Waals surface area contributed by atoms with Gasteiger partial charge in [0.1, 0.15) is 0 Å². The first-order valence-electron chi connectivity index (χ1n) is 5.99. The number of nitrogens with zero attached hydrogens (tertiary/aromatic N) is 2. The van der Waals surface area contributed by atoms with Crippen LogP contribution in [-0.2, 0) is 9.59 Å². The minimum absolute atomic E-state index is 0.00472. The van der Waals surface area contributed by atoms with Gasteiger partial charge in [0.25, 0.3) is 0 Å². The Kier molecular flexibility index (Phi) is 5.37. The first-order valence-corrected chi connectivity index (χ1v) is 5.99. The predicted molar refractivity (Wildman–Crippen MR) is 65.6 cm³/mol. The molecule has 0 aliphatic carbocycles. The molecule has 0 spiro atoms. The molecule has 1 aliphatic rings. The molecule has 6 nitrogen and oxygen atoms in total. The summed E-state index contributed by atoms with van der Waals surface area (Å²) in [6.07, 6.45) is 0. The third kappa shape index (κ3) is 3.98. The summed E-state index contributed by atoms with van der Waals surface area (Å²) in [6.45, 7) is 4.89. The second kappa shape index (κ2) is 6.56. The van der Waals surface area contributed by atoms with Crippen molar-refractivity contribution in [3.63, 3.8) is 0 Å².